The summed E-state index contributed by atoms with van der Waals surface area (Å²) in [6.07, 6.45) is 5.36. The van der Waals surface area contributed by atoms with Crippen molar-refractivity contribution in [3.8, 4) is 17.3 Å². The number of pyridine rings is 1. The van der Waals surface area contributed by atoms with E-state index in [1.54, 1.807) is 13.0 Å². The van der Waals surface area contributed by atoms with Crippen LogP contribution in [0.15, 0.2) is 35.6 Å². The molecule has 0 aliphatic carbocycles. The maximum Gasteiger partial charge on any atom is 0.232 e. The molecule has 2 rings (SSSR count). The molecule has 2 aromatic rings. The maximum absolute atomic E-state index is 12.1. The average molecular weight is 307 g/mol. The zero-order chi connectivity index (χ0) is 15.3. The van der Waals surface area contributed by atoms with Crippen LogP contribution in [0.1, 0.15) is 20.3 Å². The summed E-state index contributed by atoms with van der Waals surface area (Å²) < 4.78 is 29.5. The van der Waals surface area contributed by atoms with Crippen LogP contribution < -0.4 is 4.74 Å². The van der Waals surface area contributed by atoms with E-state index in [1.165, 1.54) is 24.7 Å². The summed E-state index contributed by atoms with van der Waals surface area (Å²) >= 11 is 0. The lowest BCUT2D eigenvalue weighted by Crippen LogP contribution is -2.07. The summed E-state index contributed by atoms with van der Waals surface area (Å²) in [5.41, 5.74) is 0.723. The second-order valence-corrected chi connectivity index (χ2v) is 6.59. The predicted molar refractivity (Wildman–Crippen MR) is 78.8 cm³/mol. The van der Waals surface area contributed by atoms with E-state index in [1.807, 2.05) is 6.92 Å². The van der Waals surface area contributed by atoms with E-state index in [2.05, 4.69) is 15.0 Å². The topological polar surface area (TPSA) is 82.0 Å². The second-order valence-electron chi connectivity index (χ2n) is 4.34. The van der Waals surface area contributed by atoms with Crippen LogP contribution in [0.25, 0.3) is 11.4 Å². The van der Waals surface area contributed by atoms with Crippen LogP contribution in [-0.4, -0.2) is 35.7 Å². The van der Waals surface area contributed by atoms with Crippen LogP contribution in [0.2, 0.25) is 0 Å². The van der Waals surface area contributed by atoms with Gasteiger partial charge in [0.1, 0.15) is 11.4 Å². The zero-order valence-electron chi connectivity index (χ0n) is 12.0. The van der Waals surface area contributed by atoms with Crippen LogP contribution in [0.4, 0.5) is 0 Å². The fourth-order valence-electron chi connectivity index (χ4n) is 1.71. The third-order valence-corrected chi connectivity index (χ3v) is 4.57. The fourth-order valence-corrected chi connectivity index (χ4v) is 2.76. The molecule has 0 amide bonds. The van der Waals surface area contributed by atoms with Gasteiger partial charge in [-0.1, -0.05) is 13.8 Å². The highest BCUT2D eigenvalue weighted by atomic mass is 32.2. The molecule has 2 heterocycles. The van der Waals surface area contributed by atoms with Gasteiger partial charge in [-0.3, -0.25) is 4.98 Å². The molecule has 0 saturated carbocycles. The van der Waals surface area contributed by atoms with Crippen LogP contribution in [0.3, 0.4) is 0 Å². The minimum Gasteiger partial charge on any atom is -0.477 e. The van der Waals surface area contributed by atoms with E-state index < -0.39 is 9.84 Å². The van der Waals surface area contributed by atoms with Crippen molar-refractivity contribution in [2.75, 3.05) is 12.4 Å². The number of nitrogens with zero attached hydrogens (tertiary/aromatic N) is 3. The van der Waals surface area contributed by atoms with Crippen molar-refractivity contribution >= 4 is 9.84 Å². The number of ether oxygens (including phenoxy) is 1. The van der Waals surface area contributed by atoms with Gasteiger partial charge < -0.3 is 4.74 Å². The van der Waals surface area contributed by atoms with Gasteiger partial charge in [0.2, 0.25) is 5.88 Å². The minimum atomic E-state index is -3.36. The van der Waals surface area contributed by atoms with Crippen LogP contribution in [0, 0.1) is 0 Å². The lowest BCUT2D eigenvalue weighted by atomic mass is 10.3. The lowest BCUT2D eigenvalue weighted by Gasteiger charge is -2.08. The average Bonchev–Trinajstić information content (AvgIpc) is 2.53. The first-order valence-electron chi connectivity index (χ1n) is 6.71. The van der Waals surface area contributed by atoms with Gasteiger partial charge in [-0.15, -0.1) is 0 Å². The molecule has 0 aliphatic heterocycles. The third-order valence-electron chi connectivity index (χ3n) is 2.81. The number of rotatable bonds is 6. The fraction of sp³-hybridized carbons (Fsp3) is 0.357. The van der Waals surface area contributed by atoms with Crippen molar-refractivity contribution in [3.63, 3.8) is 0 Å². The Balaban J connectivity index is 2.39. The first-order chi connectivity index (χ1) is 10.1. The standard InChI is InChI=1S/C14H17N3O3S/c1-3-8-20-13-10-16-11(9-17-13)14-12(6-5-7-15-14)21(18,19)4-2/h5-7,9-10H,3-4,8H2,1-2H3. The number of sulfone groups is 1. The Morgan fingerprint density at radius 3 is 2.57 bits per heavy atom. The molecule has 2 aromatic heterocycles. The Morgan fingerprint density at radius 1 is 1.14 bits per heavy atom. The minimum absolute atomic E-state index is 0.0107. The zero-order valence-corrected chi connectivity index (χ0v) is 12.8. The summed E-state index contributed by atoms with van der Waals surface area (Å²) in [6, 6.07) is 3.13. The molecule has 6 nitrogen and oxygen atoms in total. The first kappa shape index (κ1) is 15.4. The monoisotopic (exact) mass is 307 g/mol. The van der Waals surface area contributed by atoms with E-state index in [0.29, 0.717) is 23.9 Å². The molecule has 0 N–H and O–H groups in total. The Morgan fingerprint density at radius 2 is 1.95 bits per heavy atom. The van der Waals surface area contributed by atoms with Crippen molar-refractivity contribution < 1.29 is 13.2 Å². The van der Waals surface area contributed by atoms with Crippen molar-refractivity contribution in [3.05, 3.63) is 30.7 Å². The Labute approximate surface area is 124 Å². The molecule has 0 bridgehead atoms. The second kappa shape index (κ2) is 6.62. The Bertz CT molecular complexity index is 700. The van der Waals surface area contributed by atoms with Gasteiger partial charge >= 0.3 is 0 Å². The van der Waals surface area contributed by atoms with Gasteiger partial charge in [-0.25, -0.2) is 18.4 Å². The molecular formula is C14H17N3O3S. The molecule has 0 fully saturated rings. The third kappa shape index (κ3) is 3.55. The molecule has 0 radical (unpaired) electrons. The van der Waals surface area contributed by atoms with Gasteiger partial charge in [0, 0.05) is 6.20 Å². The number of hydrogen-bond donors (Lipinski definition) is 0. The van der Waals surface area contributed by atoms with Crippen molar-refractivity contribution in [2.45, 2.75) is 25.2 Å². The molecule has 0 aromatic carbocycles. The molecule has 0 spiro atoms. The van der Waals surface area contributed by atoms with E-state index >= 15 is 0 Å². The van der Waals surface area contributed by atoms with Crippen molar-refractivity contribution in [2.24, 2.45) is 0 Å². The highest BCUT2D eigenvalue weighted by Gasteiger charge is 2.19. The summed E-state index contributed by atoms with van der Waals surface area (Å²) in [4.78, 5) is 12.6. The lowest BCUT2D eigenvalue weighted by molar-refractivity contribution is 0.304. The van der Waals surface area contributed by atoms with E-state index in [9.17, 15) is 8.42 Å². The number of aromatic nitrogens is 3. The van der Waals surface area contributed by atoms with E-state index in [4.69, 9.17) is 4.74 Å². The summed E-state index contributed by atoms with van der Waals surface area (Å²) in [7, 11) is -3.36. The predicted octanol–water partition coefficient (Wildman–Crippen LogP) is 2.12. The summed E-state index contributed by atoms with van der Waals surface area (Å²) in [6.45, 7) is 4.16. The Hall–Kier alpha value is -2.02. The molecule has 0 unspecified atom stereocenters. The van der Waals surface area contributed by atoms with E-state index in [-0.39, 0.29) is 10.6 Å². The van der Waals surface area contributed by atoms with Gasteiger partial charge in [0.25, 0.3) is 0 Å². The van der Waals surface area contributed by atoms with Crippen LogP contribution in [0.5, 0.6) is 5.88 Å². The first-order valence-corrected chi connectivity index (χ1v) is 8.36. The van der Waals surface area contributed by atoms with Gasteiger partial charge in [0.15, 0.2) is 9.84 Å². The number of hydrogen-bond acceptors (Lipinski definition) is 6. The Kier molecular flexibility index (Phi) is 4.85. The van der Waals surface area contributed by atoms with Crippen molar-refractivity contribution in [1.82, 2.24) is 15.0 Å². The smallest absolute Gasteiger partial charge is 0.232 e. The van der Waals surface area contributed by atoms with Crippen molar-refractivity contribution in [1.29, 1.82) is 0 Å². The molecule has 0 saturated heterocycles. The van der Waals surface area contributed by atoms with Gasteiger partial charge in [-0.05, 0) is 18.6 Å². The molecule has 0 atom stereocenters. The largest absolute Gasteiger partial charge is 0.477 e. The highest BCUT2D eigenvalue weighted by Crippen LogP contribution is 2.24. The molecule has 112 valence electrons. The molecule has 0 aliphatic rings. The maximum atomic E-state index is 12.1. The molecule has 21 heavy (non-hydrogen) atoms. The van der Waals surface area contributed by atoms with Gasteiger partial charge in [-0.2, -0.15) is 0 Å². The summed E-state index contributed by atoms with van der Waals surface area (Å²) in [5, 5.41) is 0. The van der Waals surface area contributed by atoms with Gasteiger partial charge in [0.05, 0.1) is 29.6 Å². The summed E-state index contributed by atoms with van der Waals surface area (Å²) in [5.74, 6) is 0.424. The quantitative estimate of drug-likeness (QED) is 0.813. The van der Waals surface area contributed by atoms with Crippen LogP contribution in [-0.2, 0) is 9.84 Å². The normalized spacial score (nSPS) is 11.3. The SMILES string of the molecule is CCCOc1cnc(-c2ncccc2S(=O)(=O)CC)cn1. The van der Waals surface area contributed by atoms with E-state index in [0.717, 1.165) is 6.42 Å². The molecule has 7 heteroatoms. The molecular weight excluding hydrogens is 290 g/mol. The van der Waals surface area contributed by atoms with Crippen LogP contribution >= 0.6 is 0 Å². The highest BCUT2D eigenvalue weighted by molar-refractivity contribution is 7.91.